The second-order valence-corrected chi connectivity index (χ2v) is 6.13. The molecule has 1 amide bonds. The van der Waals surface area contributed by atoms with Crippen LogP contribution in [0.3, 0.4) is 0 Å². The molecule has 5 nitrogen and oxygen atoms in total. The average molecular weight is 297 g/mol. The number of nitrogens with one attached hydrogen (secondary N) is 1. The summed E-state index contributed by atoms with van der Waals surface area (Å²) < 4.78 is 12.3. The summed E-state index contributed by atoms with van der Waals surface area (Å²) in [5, 5.41) is 11.0. The summed E-state index contributed by atoms with van der Waals surface area (Å²) >= 11 is 0. The van der Waals surface area contributed by atoms with Crippen LogP contribution in [-0.4, -0.2) is 33.0 Å². The number of benzene rings is 1. The van der Waals surface area contributed by atoms with Gasteiger partial charge in [-0.1, -0.05) is 25.5 Å². The van der Waals surface area contributed by atoms with Gasteiger partial charge >= 0.3 is 5.97 Å². The molecule has 2 unspecified atom stereocenters. The van der Waals surface area contributed by atoms with Crippen LogP contribution in [0.2, 0.25) is 0 Å². The standard InChI is InChI=1S/C14H19NO4S/c1-3-4-9-15-13(16)10(2)20(19)12-8-6-5-7-11(12)14(17)18/h5-8,10H,3-4,9H2,1-2H3,(H,15,16)(H,17,18). The summed E-state index contributed by atoms with van der Waals surface area (Å²) in [7, 11) is -1.69. The highest BCUT2D eigenvalue weighted by Crippen LogP contribution is 2.17. The molecule has 0 aliphatic heterocycles. The molecule has 0 saturated carbocycles. The fourth-order valence-electron chi connectivity index (χ4n) is 1.64. The Morgan fingerprint density at radius 2 is 2.00 bits per heavy atom. The van der Waals surface area contributed by atoms with Crippen LogP contribution in [-0.2, 0) is 15.6 Å². The third-order valence-electron chi connectivity index (χ3n) is 2.85. The molecule has 1 aromatic carbocycles. The van der Waals surface area contributed by atoms with Gasteiger partial charge in [0.05, 0.1) is 21.3 Å². The fraction of sp³-hybridized carbons (Fsp3) is 0.429. The largest absolute Gasteiger partial charge is 0.478 e. The summed E-state index contributed by atoms with van der Waals surface area (Å²) in [6, 6.07) is 6.05. The molecule has 0 spiro atoms. The summed E-state index contributed by atoms with van der Waals surface area (Å²) in [5.41, 5.74) is -0.0287. The fourth-order valence-corrected chi connectivity index (χ4v) is 2.88. The Morgan fingerprint density at radius 3 is 2.60 bits per heavy atom. The van der Waals surface area contributed by atoms with Crippen molar-refractivity contribution in [1.29, 1.82) is 0 Å². The lowest BCUT2D eigenvalue weighted by molar-refractivity contribution is -0.120. The molecule has 0 aliphatic rings. The third kappa shape index (κ3) is 4.16. The van der Waals surface area contributed by atoms with Crippen LogP contribution in [0.15, 0.2) is 29.2 Å². The molecule has 110 valence electrons. The quantitative estimate of drug-likeness (QED) is 0.752. The minimum absolute atomic E-state index is 0.0287. The first-order valence-electron chi connectivity index (χ1n) is 6.49. The van der Waals surface area contributed by atoms with Gasteiger partial charge in [0.25, 0.3) is 0 Å². The zero-order chi connectivity index (χ0) is 15.1. The first-order chi connectivity index (χ1) is 9.49. The van der Waals surface area contributed by atoms with Crippen LogP contribution < -0.4 is 5.32 Å². The second kappa shape index (κ2) is 7.79. The predicted octanol–water partition coefficient (Wildman–Crippen LogP) is 1.80. The van der Waals surface area contributed by atoms with E-state index in [4.69, 9.17) is 5.11 Å². The first-order valence-corrected chi connectivity index (χ1v) is 7.71. The summed E-state index contributed by atoms with van der Waals surface area (Å²) in [4.78, 5) is 23.1. The van der Waals surface area contributed by atoms with Gasteiger partial charge in [0.15, 0.2) is 0 Å². The van der Waals surface area contributed by atoms with Crippen molar-refractivity contribution < 1.29 is 18.9 Å². The molecule has 2 atom stereocenters. The highest BCUT2D eigenvalue weighted by atomic mass is 32.2. The van der Waals surface area contributed by atoms with Crippen molar-refractivity contribution in [3.63, 3.8) is 0 Å². The van der Waals surface area contributed by atoms with Crippen LogP contribution in [0.5, 0.6) is 0 Å². The van der Waals surface area contributed by atoms with Gasteiger partial charge in [-0.05, 0) is 25.5 Å². The average Bonchev–Trinajstić information content (AvgIpc) is 2.45. The molecule has 6 heteroatoms. The molecule has 0 aromatic heterocycles. The van der Waals surface area contributed by atoms with Gasteiger partial charge in [-0.3, -0.25) is 9.00 Å². The Hall–Kier alpha value is -1.69. The number of carboxylic acids is 1. The number of hydrogen-bond donors (Lipinski definition) is 2. The lowest BCUT2D eigenvalue weighted by Gasteiger charge is -2.13. The molecule has 20 heavy (non-hydrogen) atoms. The molecule has 0 bridgehead atoms. The van der Waals surface area contributed by atoms with Crippen molar-refractivity contribution in [2.75, 3.05) is 6.54 Å². The van der Waals surface area contributed by atoms with Crippen molar-refractivity contribution in [2.45, 2.75) is 36.8 Å². The van der Waals surface area contributed by atoms with E-state index >= 15 is 0 Å². The number of carbonyl (C=O) groups excluding carboxylic acids is 1. The van der Waals surface area contributed by atoms with Gasteiger partial charge in [0.2, 0.25) is 5.91 Å². The maximum Gasteiger partial charge on any atom is 0.336 e. The monoisotopic (exact) mass is 297 g/mol. The Kier molecular flexibility index (Phi) is 6.38. The maximum atomic E-state index is 12.3. The van der Waals surface area contributed by atoms with E-state index in [0.717, 1.165) is 12.8 Å². The van der Waals surface area contributed by atoms with E-state index in [1.165, 1.54) is 19.1 Å². The number of carboxylic acid groups (broad SMARTS) is 1. The van der Waals surface area contributed by atoms with E-state index in [9.17, 15) is 13.8 Å². The Labute approximate surface area is 120 Å². The summed E-state index contributed by atoms with van der Waals surface area (Å²) in [6.45, 7) is 4.09. The van der Waals surface area contributed by atoms with Crippen molar-refractivity contribution in [3.05, 3.63) is 29.8 Å². The Morgan fingerprint density at radius 1 is 1.35 bits per heavy atom. The van der Waals surface area contributed by atoms with Crippen LogP contribution in [0.4, 0.5) is 0 Å². The third-order valence-corrected chi connectivity index (χ3v) is 4.50. The van der Waals surface area contributed by atoms with E-state index in [-0.39, 0.29) is 16.4 Å². The molecule has 2 N–H and O–H groups in total. The number of hydrogen-bond acceptors (Lipinski definition) is 3. The van der Waals surface area contributed by atoms with Crippen molar-refractivity contribution >= 4 is 22.7 Å². The first kappa shape index (κ1) is 16.4. The lowest BCUT2D eigenvalue weighted by atomic mass is 10.2. The normalized spacial score (nSPS) is 13.5. The van der Waals surface area contributed by atoms with E-state index in [1.54, 1.807) is 12.1 Å². The van der Waals surface area contributed by atoms with Crippen molar-refractivity contribution in [1.82, 2.24) is 5.32 Å². The maximum absolute atomic E-state index is 12.3. The number of rotatable bonds is 7. The van der Waals surface area contributed by atoms with Crippen LogP contribution in [0.1, 0.15) is 37.0 Å². The van der Waals surface area contributed by atoms with Crippen molar-refractivity contribution in [2.24, 2.45) is 0 Å². The lowest BCUT2D eigenvalue weighted by Crippen LogP contribution is -2.36. The molecule has 0 aliphatic carbocycles. The van der Waals surface area contributed by atoms with Crippen LogP contribution >= 0.6 is 0 Å². The zero-order valence-corrected chi connectivity index (χ0v) is 12.4. The van der Waals surface area contributed by atoms with Crippen LogP contribution in [0, 0.1) is 0 Å². The van der Waals surface area contributed by atoms with Crippen molar-refractivity contribution in [3.8, 4) is 0 Å². The number of carbonyl (C=O) groups is 2. The van der Waals surface area contributed by atoms with E-state index in [1.807, 2.05) is 6.92 Å². The molecular weight excluding hydrogens is 278 g/mol. The van der Waals surface area contributed by atoms with E-state index in [0.29, 0.717) is 6.54 Å². The molecular formula is C14H19NO4S. The number of aromatic carboxylic acids is 1. The summed E-state index contributed by atoms with van der Waals surface area (Å²) in [6.07, 6.45) is 1.82. The van der Waals surface area contributed by atoms with E-state index < -0.39 is 22.0 Å². The van der Waals surface area contributed by atoms with Crippen LogP contribution in [0.25, 0.3) is 0 Å². The van der Waals surface area contributed by atoms with E-state index in [2.05, 4.69) is 5.32 Å². The van der Waals surface area contributed by atoms with Gasteiger partial charge < -0.3 is 10.4 Å². The number of amides is 1. The number of unbranched alkanes of at least 4 members (excludes halogenated alkanes) is 1. The Bertz CT molecular complexity index is 516. The molecule has 1 aromatic rings. The van der Waals surface area contributed by atoms with Gasteiger partial charge in [-0.15, -0.1) is 0 Å². The zero-order valence-electron chi connectivity index (χ0n) is 11.6. The topological polar surface area (TPSA) is 83.5 Å². The SMILES string of the molecule is CCCCNC(=O)C(C)S(=O)c1ccccc1C(=O)O. The Balaban J connectivity index is 2.84. The molecule has 0 fully saturated rings. The minimum Gasteiger partial charge on any atom is -0.478 e. The molecule has 0 heterocycles. The van der Waals surface area contributed by atoms with Gasteiger partial charge in [0.1, 0.15) is 5.25 Å². The van der Waals surface area contributed by atoms with Gasteiger partial charge in [-0.2, -0.15) is 0 Å². The highest BCUT2D eigenvalue weighted by molar-refractivity contribution is 7.86. The smallest absolute Gasteiger partial charge is 0.336 e. The second-order valence-electron chi connectivity index (χ2n) is 4.39. The van der Waals surface area contributed by atoms with Gasteiger partial charge in [-0.25, -0.2) is 4.79 Å². The highest BCUT2D eigenvalue weighted by Gasteiger charge is 2.24. The molecule has 1 rings (SSSR count). The summed E-state index contributed by atoms with van der Waals surface area (Å²) in [5.74, 6) is -1.47. The van der Waals surface area contributed by atoms with Gasteiger partial charge in [0, 0.05) is 6.54 Å². The minimum atomic E-state index is -1.69. The molecule has 0 radical (unpaired) electrons. The predicted molar refractivity (Wildman–Crippen MR) is 77.2 cm³/mol. The molecule has 0 saturated heterocycles.